The second-order valence-electron chi connectivity index (χ2n) is 3.85. The highest BCUT2D eigenvalue weighted by Crippen LogP contribution is 2.27. The summed E-state index contributed by atoms with van der Waals surface area (Å²) in [6.45, 7) is 1.86. The Morgan fingerprint density at radius 1 is 1.44 bits per heavy atom. The fourth-order valence-corrected chi connectivity index (χ4v) is 2.55. The molecule has 2 heterocycles. The molecule has 5 heteroatoms. The highest BCUT2D eigenvalue weighted by molar-refractivity contribution is 7.09. The largest absolute Gasteiger partial charge is 0.451 e. The number of halogens is 1. The molecular weight excluding hydrogens is 270 g/mol. The first-order valence-corrected chi connectivity index (χ1v) is 6.56. The molecule has 18 heavy (non-hydrogen) atoms. The average molecular weight is 278 g/mol. The molecular formula is C13H8ClNO2S. The van der Waals surface area contributed by atoms with Crippen molar-refractivity contribution in [3.8, 4) is 0 Å². The molecule has 0 atom stereocenters. The third kappa shape index (κ3) is 1.83. The Bertz CT molecular complexity index is 744. The number of furan rings is 1. The summed E-state index contributed by atoms with van der Waals surface area (Å²) < 4.78 is 5.51. The molecule has 1 aromatic carbocycles. The van der Waals surface area contributed by atoms with E-state index in [2.05, 4.69) is 4.98 Å². The van der Waals surface area contributed by atoms with Crippen LogP contribution in [-0.4, -0.2) is 10.8 Å². The summed E-state index contributed by atoms with van der Waals surface area (Å²) in [6, 6.07) is 7.10. The van der Waals surface area contributed by atoms with E-state index in [1.165, 1.54) is 11.3 Å². The van der Waals surface area contributed by atoms with Gasteiger partial charge in [0.2, 0.25) is 5.78 Å². The lowest BCUT2D eigenvalue weighted by atomic mass is 10.2. The lowest BCUT2D eigenvalue weighted by Gasteiger charge is -1.91. The van der Waals surface area contributed by atoms with Crippen LogP contribution in [0.4, 0.5) is 0 Å². The standard InChI is InChI=1S/C13H8ClNO2S/c1-7-15-10(6-18-7)12(16)11-5-8-3-2-4-9(14)13(8)17-11/h2-6H,1H3. The molecule has 3 rings (SSSR count). The number of hydrogen-bond donors (Lipinski definition) is 0. The molecule has 0 amide bonds. The van der Waals surface area contributed by atoms with Gasteiger partial charge in [-0.05, 0) is 19.1 Å². The van der Waals surface area contributed by atoms with E-state index in [9.17, 15) is 4.79 Å². The van der Waals surface area contributed by atoms with Crippen LogP contribution in [-0.2, 0) is 0 Å². The van der Waals surface area contributed by atoms with E-state index in [1.54, 1.807) is 17.5 Å². The topological polar surface area (TPSA) is 43.1 Å². The molecule has 0 N–H and O–H groups in total. The highest BCUT2D eigenvalue weighted by Gasteiger charge is 2.17. The number of fused-ring (bicyclic) bond motifs is 1. The quantitative estimate of drug-likeness (QED) is 0.663. The number of thiazole rings is 1. The maximum Gasteiger partial charge on any atom is 0.247 e. The van der Waals surface area contributed by atoms with E-state index >= 15 is 0 Å². The van der Waals surface area contributed by atoms with Gasteiger partial charge in [0.15, 0.2) is 11.3 Å². The monoisotopic (exact) mass is 277 g/mol. The van der Waals surface area contributed by atoms with Gasteiger partial charge < -0.3 is 4.42 Å². The predicted molar refractivity (Wildman–Crippen MR) is 71.5 cm³/mol. The number of ketones is 1. The predicted octanol–water partition coefficient (Wildman–Crippen LogP) is 4.08. The smallest absolute Gasteiger partial charge is 0.247 e. The third-order valence-electron chi connectivity index (χ3n) is 2.57. The summed E-state index contributed by atoms with van der Waals surface area (Å²) >= 11 is 7.44. The normalized spacial score (nSPS) is 11.0. The Kier molecular flexibility index (Phi) is 2.69. The zero-order chi connectivity index (χ0) is 12.7. The number of hydrogen-bond acceptors (Lipinski definition) is 4. The number of nitrogens with zero attached hydrogens (tertiary/aromatic N) is 1. The molecule has 0 aliphatic rings. The van der Waals surface area contributed by atoms with Gasteiger partial charge in [0.05, 0.1) is 10.0 Å². The average Bonchev–Trinajstić information content (AvgIpc) is 2.95. The van der Waals surface area contributed by atoms with E-state index < -0.39 is 0 Å². The van der Waals surface area contributed by atoms with Gasteiger partial charge in [-0.15, -0.1) is 11.3 Å². The highest BCUT2D eigenvalue weighted by atomic mass is 35.5. The van der Waals surface area contributed by atoms with Gasteiger partial charge in [-0.25, -0.2) is 4.98 Å². The van der Waals surface area contributed by atoms with E-state index in [1.807, 2.05) is 19.1 Å². The van der Waals surface area contributed by atoms with E-state index in [0.717, 1.165) is 10.4 Å². The molecule has 90 valence electrons. The van der Waals surface area contributed by atoms with Crippen LogP contribution in [0, 0.1) is 6.92 Å². The van der Waals surface area contributed by atoms with Gasteiger partial charge in [0.1, 0.15) is 5.69 Å². The maximum absolute atomic E-state index is 12.1. The van der Waals surface area contributed by atoms with Crippen LogP contribution in [0.5, 0.6) is 0 Å². The summed E-state index contributed by atoms with van der Waals surface area (Å²) in [7, 11) is 0. The molecule has 0 bridgehead atoms. The van der Waals surface area contributed by atoms with Crippen molar-refractivity contribution in [3.05, 3.63) is 51.1 Å². The maximum atomic E-state index is 12.1. The van der Waals surface area contributed by atoms with Gasteiger partial charge in [0.25, 0.3) is 0 Å². The SMILES string of the molecule is Cc1nc(C(=O)c2cc3cccc(Cl)c3o2)cs1. The molecule has 0 aliphatic heterocycles. The Morgan fingerprint density at radius 2 is 2.28 bits per heavy atom. The molecule has 0 saturated heterocycles. The van der Waals surface area contributed by atoms with Crippen molar-refractivity contribution < 1.29 is 9.21 Å². The van der Waals surface area contributed by atoms with Gasteiger partial charge in [-0.1, -0.05) is 23.7 Å². The molecule has 3 nitrogen and oxygen atoms in total. The second kappa shape index (κ2) is 4.23. The van der Waals surface area contributed by atoms with Crippen molar-refractivity contribution in [2.24, 2.45) is 0 Å². The summed E-state index contributed by atoms with van der Waals surface area (Å²) in [5.74, 6) is 0.0509. The van der Waals surface area contributed by atoms with Crippen molar-refractivity contribution in [1.29, 1.82) is 0 Å². The Morgan fingerprint density at radius 3 is 2.94 bits per heavy atom. The van der Waals surface area contributed by atoms with Gasteiger partial charge in [-0.3, -0.25) is 4.79 Å². The van der Waals surface area contributed by atoms with Crippen LogP contribution in [0.2, 0.25) is 5.02 Å². The zero-order valence-electron chi connectivity index (χ0n) is 9.44. The summed E-state index contributed by atoms with van der Waals surface area (Å²) in [4.78, 5) is 16.3. The minimum Gasteiger partial charge on any atom is -0.451 e. The number of carbonyl (C=O) groups excluding carboxylic acids is 1. The van der Waals surface area contributed by atoms with Gasteiger partial charge in [0, 0.05) is 10.8 Å². The fraction of sp³-hybridized carbons (Fsp3) is 0.0769. The molecule has 0 radical (unpaired) electrons. The summed E-state index contributed by atoms with van der Waals surface area (Å²) in [6.07, 6.45) is 0. The molecule has 0 saturated carbocycles. The van der Waals surface area contributed by atoms with Crippen molar-refractivity contribution in [1.82, 2.24) is 4.98 Å². The van der Waals surface area contributed by atoms with Crippen LogP contribution in [0.1, 0.15) is 21.3 Å². The van der Waals surface area contributed by atoms with Crippen LogP contribution >= 0.6 is 22.9 Å². The Hall–Kier alpha value is -1.65. The van der Waals surface area contributed by atoms with Crippen molar-refractivity contribution >= 4 is 39.7 Å². The third-order valence-corrected chi connectivity index (χ3v) is 3.64. The van der Waals surface area contributed by atoms with Crippen molar-refractivity contribution in [3.63, 3.8) is 0 Å². The van der Waals surface area contributed by atoms with Crippen molar-refractivity contribution in [2.75, 3.05) is 0 Å². The summed E-state index contributed by atoms with van der Waals surface area (Å²) in [5.41, 5.74) is 0.946. The van der Waals surface area contributed by atoms with E-state index in [4.69, 9.17) is 16.0 Å². The number of benzene rings is 1. The number of para-hydroxylation sites is 1. The van der Waals surface area contributed by atoms with Gasteiger partial charge in [-0.2, -0.15) is 0 Å². The molecule has 0 fully saturated rings. The lowest BCUT2D eigenvalue weighted by Crippen LogP contribution is -1.99. The van der Waals surface area contributed by atoms with Crippen LogP contribution < -0.4 is 0 Å². The first-order chi connectivity index (χ1) is 8.65. The molecule has 0 unspecified atom stereocenters. The Labute approximate surface area is 112 Å². The fourth-order valence-electron chi connectivity index (χ4n) is 1.73. The molecule has 2 aromatic heterocycles. The van der Waals surface area contributed by atoms with Crippen molar-refractivity contribution in [2.45, 2.75) is 6.92 Å². The van der Waals surface area contributed by atoms with Crippen LogP contribution in [0.25, 0.3) is 11.0 Å². The first kappa shape index (κ1) is 11.4. The number of aryl methyl sites for hydroxylation is 1. The zero-order valence-corrected chi connectivity index (χ0v) is 11.0. The lowest BCUT2D eigenvalue weighted by molar-refractivity contribution is 0.101. The minimum absolute atomic E-state index is 0.216. The number of carbonyl (C=O) groups is 1. The first-order valence-electron chi connectivity index (χ1n) is 5.30. The number of rotatable bonds is 2. The summed E-state index contributed by atoms with van der Waals surface area (Å²) in [5, 5.41) is 3.90. The van der Waals surface area contributed by atoms with E-state index in [-0.39, 0.29) is 11.5 Å². The Balaban J connectivity index is 2.10. The molecule has 3 aromatic rings. The second-order valence-corrected chi connectivity index (χ2v) is 5.32. The molecule has 0 spiro atoms. The van der Waals surface area contributed by atoms with E-state index in [0.29, 0.717) is 16.3 Å². The van der Waals surface area contributed by atoms with Crippen LogP contribution in [0.15, 0.2) is 34.1 Å². The number of aromatic nitrogens is 1. The minimum atomic E-state index is -0.216. The van der Waals surface area contributed by atoms with Gasteiger partial charge >= 0.3 is 0 Å². The van der Waals surface area contributed by atoms with Crippen LogP contribution in [0.3, 0.4) is 0 Å². The molecule has 0 aliphatic carbocycles.